The van der Waals surface area contributed by atoms with Gasteiger partial charge in [-0.15, -0.1) is 0 Å². The van der Waals surface area contributed by atoms with Crippen LogP contribution in [-0.2, 0) is 11.3 Å². The lowest BCUT2D eigenvalue weighted by Gasteiger charge is -2.24. The Hall–Kier alpha value is -0.820. The van der Waals surface area contributed by atoms with Crippen molar-refractivity contribution < 1.29 is 4.74 Å². The molecule has 2 rings (SSSR count). The smallest absolute Gasteiger partial charge is 0.0723 e. The Labute approximate surface area is 79.7 Å². The number of hydrogen-bond acceptors (Lipinski definition) is 1. The van der Waals surface area contributed by atoms with Crippen LogP contribution >= 0.6 is 0 Å². The van der Waals surface area contributed by atoms with E-state index in [9.17, 15) is 0 Å². The average molecular weight is 175 g/mol. The molecule has 0 N–H and O–H groups in total. The lowest BCUT2D eigenvalue weighted by atomic mass is 9.86. The van der Waals surface area contributed by atoms with E-state index in [2.05, 4.69) is 12.1 Å². The molecule has 1 radical (unpaired) electrons. The Balaban J connectivity index is 1.67. The highest BCUT2D eigenvalue weighted by Crippen LogP contribution is 2.26. The molecule has 13 heavy (non-hydrogen) atoms. The Kier molecular flexibility index (Phi) is 2.98. The van der Waals surface area contributed by atoms with E-state index in [4.69, 9.17) is 4.74 Å². The maximum Gasteiger partial charge on any atom is 0.0723 e. The van der Waals surface area contributed by atoms with Gasteiger partial charge in [0.2, 0.25) is 0 Å². The van der Waals surface area contributed by atoms with Gasteiger partial charge >= 0.3 is 0 Å². The second kappa shape index (κ2) is 4.43. The van der Waals surface area contributed by atoms with Gasteiger partial charge in [0, 0.05) is 6.61 Å². The van der Waals surface area contributed by atoms with Crippen LogP contribution in [0.3, 0.4) is 0 Å². The van der Waals surface area contributed by atoms with Gasteiger partial charge < -0.3 is 4.74 Å². The summed E-state index contributed by atoms with van der Waals surface area (Å²) < 4.78 is 5.59. The van der Waals surface area contributed by atoms with E-state index in [1.165, 1.54) is 19.3 Å². The maximum absolute atomic E-state index is 5.59. The first-order valence-electron chi connectivity index (χ1n) is 4.98. The lowest BCUT2D eigenvalue weighted by molar-refractivity contribution is 0.0595. The van der Waals surface area contributed by atoms with E-state index in [-0.39, 0.29) is 0 Å². The van der Waals surface area contributed by atoms with Crippen LogP contribution in [0.15, 0.2) is 24.3 Å². The van der Waals surface area contributed by atoms with Gasteiger partial charge in [-0.2, -0.15) is 0 Å². The molecule has 0 aromatic heterocycles. The fraction of sp³-hybridized carbons (Fsp3) is 0.500. The van der Waals surface area contributed by atoms with Crippen LogP contribution in [0.5, 0.6) is 0 Å². The summed E-state index contributed by atoms with van der Waals surface area (Å²) in [6, 6.07) is 11.1. The zero-order valence-corrected chi connectivity index (χ0v) is 7.83. The first-order valence-corrected chi connectivity index (χ1v) is 4.98. The van der Waals surface area contributed by atoms with Crippen molar-refractivity contribution in [1.29, 1.82) is 0 Å². The Morgan fingerprint density at radius 1 is 1.38 bits per heavy atom. The van der Waals surface area contributed by atoms with Gasteiger partial charge in [-0.05, 0) is 30.4 Å². The molecule has 0 atom stereocenters. The zero-order valence-electron chi connectivity index (χ0n) is 7.83. The zero-order chi connectivity index (χ0) is 8.93. The van der Waals surface area contributed by atoms with Gasteiger partial charge in [-0.1, -0.05) is 30.7 Å². The highest BCUT2D eigenvalue weighted by Gasteiger charge is 2.16. The molecule has 0 unspecified atom stereocenters. The predicted octanol–water partition coefficient (Wildman–Crippen LogP) is 2.80. The summed E-state index contributed by atoms with van der Waals surface area (Å²) in [5.74, 6) is 0.837. The molecule has 1 fully saturated rings. The number of hydrogen-bond donors (Lipinski definition) is 0. The van der Waals surface area contributed by atoms with Gasteiger partial charge in [-0.25, -0.2) is 0 Å². The van der Waals surface area contributed by atoms with Crippen LogP contribution in [0.2, 0.25) is 0 Å². The Bertz CT molecular complexity index is 239. The van der Waals surface area contributed by atoms with E-state index in [0.29, 0.717) is 0 Å². The lowest BCUT2D eigenvalue weighted by Crippen LogP contribution is -2.17. The van der Waals surface area contributed by atoms with E-state index < -0.39 is 0 Å². The van der Waals surface area contributed by atoms with Crippen LogP contribution < -0.4 is 0 Å². The molecule has 1 saturated carbocycles. The molecular formula is C12H15O. The van der Waals surface area contributed by atoms with Crippen LogP contribution in [0.4, 0.5) is 0 Å². The first-order chi connectivity index (χ1) is 6.45. The van der Waals surface area contributed by atoms with Crippen LogP contribution in [0.1, 0.15) is 24.8 Å². The minimum Gasteiger partial charge on any atom is -0.376 e. The normalized spacial score (nSPS) is 16.9. The standard InChI is InChI=1S/C12H15O/c1-2-5-11(6-3-1)9-13-10-12-7-4-8-12/h1-3,5,12H,4,7-10H2. The van der Waals surface area contributed by atoms with Crippen molar-refractivity contribution in [3.63, 3.8) is 0 Å². The average Bonchev–Trinajstić information content (AvgIpc) is 2.11. The van der Waals surface area contributed by atoms with E-state index in [1.54, 1.807) is 0 Å². The van der Waals surface area contributed by atoms with Crippen molar-refractivity contribution >= 4 is 0 Å². The Morgan fingerprint density at radius 2 is 2.31 bits per heavy atom. The monoisotopic (exact) mass is 175 g/mol. The Morgan fingerprint density at radius 3 is 2.92 bits per heavy atom. The van der Waals surface area contributed by atoms with E-state index in [0.717, 1.165) is 24.7 Å². The topological polar surface area (TPSA) is 9.23 Å². The second-order valence-electron chi connectivity index (χ2n) is 3.70. The van der Waals surface area contributed by atoms with Crippen molar-refractivity contribution in [2.75, 3.05) is 6.61 Å². The molecule has 0 saturated heterocycles. The van der Waals surface area contributed by atoms with Crippen molar-refractivity contribution in [2.45, 2.75) is 25.9 Å². The third-order valence-corrected chi connectivity index (χ3v) is 2.61. The highest BCUT2D eigenvalue weighted by atomic mass is 16.5. The number of ether oxygens (including phenoxy) is 1. The van der Waals surface area contributed by atoms with Crippen molar-refractivity contribution in [3.8, 4) is 0 Å². The minimum absolute atomic E-state index is 0.720. The van der Waals surface area contributed by atoms with Crippen LogP contribution in [-0.4, -0.2) is 6.61 Å². The minimum atomic E-state index is 0.720. The highest BCUT2D eigenvalue weighted by molar-refractivity contribution is 5.11. The first kappa shape index (κ1) is 8.76. The molecule has 1 heteroatoms. The van der Waals surface area contributed by atoms with E-state index in [1.807, 2.05) is 18.2 Å². The molecule has 1 aromatic rings. The molecular weight excluding hydrogens is 160 g/mol. The van der Waals surface area contributed by atoms with Crippen molar-refractivity contribution in [3.05, 3.63) is 35.9 Å². The summed E-state index contributed by atoms with van der Waals surface area (Å²) in [6.07, 6.45) is 4.11. The van der Waals surface area contributed by atoms with E-state index >= 15 is 0 Å². The molecule has 1 aliphatic carbocycles. The molecule has 0 heterocycles. The number of rotatable bonds is 4. The third-order valence-electron chi connectivity index (χ3n) is 2.61. The number of benzene rings is 1. The largest absolute Gasteiger partial charge is 0.376 e. The SMILES string of the molecule is [c]1ccccc1COCC1CCC1. The molecule has 0 spiro atoms. The fourth-order valence-electron chi connectivity index (χ4n) is 1.52. The summed E-state index contributed by atoms with van der Waals surface area (Å²) in [4.78, 5) is 0. The molecule has 0 aliphatic heterocycles. The summed E-state index contributed by atoms with van der Waals surface area (Å²) in [5.41, 5.74) is 1.15. The fourth-order valence-corrected chi connectivity index (χ4v) is 1.52. The van der Waals surface area contributed by atoms with Crippen molar-refractivity contribution in [1.82, 2.24) is 0 Å². The molecule has 69 valence electrons. The third kappa shape index (κ3) is 2.56. The van der Waals surface area contributed by atoms with Gasteiger partial charge in [0.1, 0.15) is 0 Å². The van der Waals surface area contributed by atoms with Crippen molar-refractivity contribution in [2.24, 2.45) is 5.92 Å². The maximum atomic E-state index is 5.59. The van der Waals surface area contributed by atoms with Crippen LogP contribution in [0, 0.1) is 12.0 Å². The van der Waals surface area contributed by atoms with Gasteiger partial charge in [0.05, 0.1) is 6.61 Å². The quantitative estimate of drug-likeness (QED) is 0.683. The predicted molar refractivity (Wildman–Crippen MR) is 52.3 cm³/mol. The summed E-state index contributed by atoms with van der Waals surface area (Å²) in [6.45, 7) is 1.65. The van der Waals surface area contributed by atoms with Gasteiger partial charge in [-0.3, -0.25) is 0 Å². The summed E-state index contributed by atoms with van der Waals surface area (Å²) in [5, 5.41) is 0. The van der Waals surface area contributed by atoms with Gasteiger partial charge in [0.15, 0.2) is 0 Å². The molecule has 1 aromatic carbocycles. The van der Waals surface area contributed by atoms with Crippen LogP contribution in [0.25, 0.3) is 0 Å². The molecule has 0 bridgehead atoms. The summed E-state index contributed by atoms with van der Waals surface area (Å²) >= 11 is 0. The molecule has 0 amide bonds. The molecule has 1 aliphatic rings. The molecule has 1 nitrogen and oxygen atoms in total. The van der Waals surface area contributed by atoms with Gasteiger partial charge in [0.25, 0.3) is 0 Å². The summed E-state index contributed by atoms with van der Waals surface area (Å²) in [7, 11) is 0. The second-order valence-corrected chi connectivity index (χ2v) is 3.70.